The van der Waals surface area contributed by atoms with Gasteiger partial charge in [0.15, 0.2) is 12.6 Å². The highest BCUT2D eigenvalue weighted by molar-refractivity contribution is 7.80. The molecule has 3 heterocycles. The summed E-state index contributed by atoms with van der Waals surface area (Å²) >= 11 is 0. The Labute approximate surface area is 341 Å². The van der Waals surface area contributed by atoms with Gasteiger partial charge in [-0.25, -0.2) is 4.18 Å². The molecule has 0 radical (unpaired) electrons. The van der Waals surface area contributed by atoms with E-state index in [-0.39, 0.29) is 11.8 Å². The number of allylic oxidation sites excluding steroid dienone is 1. The molecule has 3 saturated heterocycles. The molecule has 3 saturated carbocycles. The minimum absolute atomic E-state index is 0.00676. The maximum absolute atomic E-state index is 14.3. The Kier molecular flexibility index (Phi) is 11.5. The van der Waals surface area contributed by atoms with E-state index < -0.39 is 123 Å². The lowest BCUT2D eigenvalue weighted by molar-refractivity contribution is -0.362. The highest BCUT2D eigenvalue weighted by atomic mass is 32.3. The molecule has 7 N–H and O–H groups in total. The summed E-state index contributed by atoms with van der Waals surface area (Å²) in [5.74, 6) is -0.164. The molecule has 16 nitrogen and oxygen atoms in total. The van der Waals surface area contributed by atoms with Gasteiger partial charge in [0.2, 0.25) is 0 Å². The minimum atomic E-state index is -5.03. The Morgan fingerprint density at radius 1 is 0.897 bits per heavy atom. The maximum Gasteiger partial charge on any atom is 0.397 e. The van der Waals surface area contributed by atoms with E-state index in [9.17, 15) is 48.4 Å². The van der Waals surface area contributed by atoms with E-state index in [1.54, 1.807) is 0 Å². The molecule has 0 bridgehead atoms. The van der Waals surface area contributed by atoms with Crippen molar-refractivity contribution < 1.29 is 76.3 Å². The van der Waals surface area contributed by atoms with E-state index in [4.69, 9.17) is 23.7 Å². The summed E-state index contributed by atoms with van der Waals surface area (Å²) < 4.78 is 67.8. The molecular weight excluding hydrogens is 781 g/mol. The van der Waals surface area contributed by atoms with Gasteiger partial charge in [0.05, 0.1) is 24.9 Å². The number of carbonyl (C=O) groups excluding carboxylic acids is 1. The molecule has 7 aliphatic rings. The average Bonchev–Trinajstić information content (AvgIpc) is 3.48. The van der Waals surface area contributed by atoms with E-state index >= 15 is 0 Å². The third kappa shape index (κ3) is 6.50. The molecule has 3 unspecified atom stereocenters. The van der Waals surface area contributed by atoms with Crippen molar-refractivity contribution >= 4 is 16.4 Å². The van der Waals surface area contributed by atoms with Crippen LogP contribution in [0.2, 0.25) is 0 Å². The van der Waals surface area contributed by atoms with Gasteiger partial charge < -0.3 is 54.3 Å². The number of aliphatic hydroxyl groups excluding tert-OH is 5. The molecule has 0 aromatic carbocycles. The highest BCUT2D eigenvalue weighted by Crippen LogP contribution is 2.77. The Morgan fingerprint density at radius 3 is 2.24 bits per heavy atom. The molecule has 58 heavy (non-hydrogen) atoms. The van der Waals surface area contributed by atoms with Gasteiger partial charge in [0, 0.05) is 0 Å². The van der Waals surface area contributed by atoms with Crippen LogP contribution in [0.1, 0.15) is 113 Å². The molecule has 3 aliphatic heterocycles. The molecule has 17 heteroatoms. The van der Waals surface area contributed by atoms with Crippen LogP contribution in [0.5, 0.6) is 0 Å². The maximum atomic E-state index is 14.3. The van der Waals surface area contributed by atoms with E-state index in [0.717, 1.165) is 24.8 Å². The van der Waals surface area contributed by atoms with Crippen LogP contribution < -0.4 is 0 Å². The number of aliphatic hydroxyl groups is 6. The Morgan fingerprint density at radius 2 is 1.59 bits per heavy atom. The van der Waals surface area contributed by atoms with Crippen LogP contribution in [-0.4, -0.2) is 135 Å². The van der Waals surface area contributed by atoms with Gasteiger partial charge in [0.1, 0.15) is 53.2 Å². The third-order valence-electron chi connectivity index (χ3n) is 16.3. The van der Waals surface area contributed by atoms with Gasteiger partial charge in [-0.15, -0.1) is 0 Å². The average molecular weight is 847 g/mol. The van der Waals surface area contributed by atoms with Crippen LogP contribution in [0.4, 0.5) is 0 Å². The summed E-state index contributed by atoms with van der Waals surface area (Å²) in [5, 5.41) is 67.9. The van der Waals surface area contributed by atoms with Crippen molar-refractivity contribution in [3.8, 4) is 0 Å². The Bertz CT molecular complexity index is 1720. The number of hydrogen-bond acceptors (Lipinski definition) is 15. The minimum Gasteiger partial charge on any atom is -0.456 e. The molecule has 0 aromatic rings. The zero-order valence-corrected chi connectivity index (χ0v) is 35.8. The molecule has 6 fully saturated rings. The summed E-state index contributed by atoms with van der Waals surface area (Å²) in [5.41, 5.74) is -4.89. The number of carbonyl (C=O) groups is 1. The predicted molar refractivity (Wildman–Crippen MR) is 204 cm³/mol. The van der Waals surface area contributed by atoms with E-state index in [0.29, 0.717) is 44.4 Å². The fourth-order valence-electron chi connectivity index (χ4n) is 13.2. The monoisotopic (exact) mass is 846 g/mol. The van der Waals surface area contributed by atoms with Crippen LogP contribution in [0.25, 0.3) is 0 Å². The van der Waals surface area contributed by atoms with Gasteiger partial charge in [-0.3, -0.25) is 9.35 Å². The highest BCUT2D eigenvalue weighted by Gasteiger charge is 2.85. The summed E-state index contributed by atoms with van der Waals surface area (Å²) in [4.78, 5) is 14.3. The first-order valence-electron chi connectivity index (χ1n) is 21.1. The quantitative estimate of drug-likeness (QED) is 0.0722. The van der Waals surface area contributed by atoms with Crippen LogP contribution in [0, 0.1) is 39.4 Å². The van der Waals surface area contributed by atoms with Crippen molar-refractivity contribution in [2.24, 2.45) is 39.4 Å². The number of cyclic esters (lactones) is 1. The first-order valence-corrected chi connectivity index (χ1v) is 22.5. The molecule has 332 valence electrons. The molecule has 18 atom stereocenters. The number of ether oxygens (including phenoxy) is 5. The van der Waals surface area contributed by atoms with Crippen molar-refractivity contribution in [1.29, 1.82) is 0 Å². The molecule has 7 rings (SSSR count). The first kappa shape index (κ1) is 44.7. The smallest absolute Gasteiger partial charge is 0.397 e. The van der Waals surface area contributed by atoms with Crippen molar-refractivity contribution in [2.45, 2.75) is 192 Å². The fraction of sp³-hybridized carbons (Fsp3) is 0.927. The van der Waals surface area contributed by atoms with Crippen LogP contribution in [-0.2, 0) is 43.1 Å². The van der Waals surface area contributed by atoms with E-state index in [2.05, 4.69) is 45.7 Å². The number of hydrogen-bond donors (Lipinski definition) is 7. The van der Waals surface area contributed by atoms with Crippen LogP contribution in [0.3, 0.4) is 0 Å². The Balaban J connectivity index is 1.15. The van der Waals surface area contributed by atoms with Gasteiger partial charge in [0.25, 0.3) is 0 Å². The lowest BCUT2D eigenvalue weighted by Gasteiger charge is -2.64. The fourth-order valence-corrected chi connectivity index (χ4v) is 13.7. The van der Waals surface area contributed by atoms with Crippen molar-refractivity contribution in [2.75, 3.05) is 6.61 Å². The van der Waals surface area contributed by atoms with E-state index in [1.165, 1.54) is 6.92 Å². The summed E-state index contributed by atoms with van der Waals surface area (Å²) in [6, 6.07) is 0. The lowest BCUT2D eigenvalue weighted by Crippen LogP contribution is -2.68. The second-order valence-corrected chi connectivity index (χ2v) is 21.2. The second-order valence-electron chi connectivity index (χ2n) is 20.2. The summed E-state index contributed by atoms with van der Waals surface area (Å²) in [6.45, 7) is 15.5. The molecule has 4 aliphatic carbocycles. The largest absolute Gasteiger partial charge is 0.456 e. The summed E-state index contributed by atoms with van der Waals surface area (Å²) in [7, 11) is -5.03. The zero-order chi connectivity index (χ0) is 42.8. The normalized spacial score (nSPS) is 51.3. The van der Waals surface area contributed by atoms with Crippen molar-refractivity contribution in [3.05, 3.63) is 11.6 Å². The number of esters is 1. The molecule has 0 amide bonds. The molecular formula is C41H66O16S. The van der Waals surface area contributed by atoms with Gasteiger partial charge in [-0.1, -0.05) is 59.6 Å². The SMILES string of the molecule is CC(C)CCC[C@]1(C)OC(=O)C23[C@@H](O)C=C4C(CCC5C(C)(C)[C@@H](O[C@@H]6OC[C@@H](OS(=O)(=O)O)[C@H](O)[C@H]6O[C@@H]6O[C@H](C)[C@@H](O)[C@H](O)[C@H]6O)CC[C@]45C)[C@]2(C)CC[C@@]31O. The van der Waals surface area contributed by atoms with Crippen LogP contribution in [0.15, 0.2) is 11.6 Å². The topological polar surface area (TPSA) is 248 Å². The third-order valence-corrected chi connectivity index (χ3v) is 16.8. The van der Waals surface area contributed by atoms with E-state index in [1.807, 2.05) is 13.0 Å². The zero-order valence-electron chi connectivity index (χ0n) is 34.9. The number of rotatable bonds is 10. The summed E-state index contributed by atoms with van der Waals surface area (Å²) in [6.07, 6.45) is -8.00. The van der Waals surface area contributed by atoms with Crippen molar-refractivity contribution in [1.82, 2.24) is 0 Å². The van der Waals surface area contributed by atoms with Crippen molar-refractivity contribution in [3.63, 3.8) is 0 Å². The predicted octanol–water partition coefficient (Wildman–Crippen LogP) is 2.30. The van der Waals surface area contributed by atoms with Crippen LogP contribution >= 0.6 is 0 Å². The molecule has 0 aromatic heterocycles. The molecule has 1 spiro atoms. The first-order chi connectivity index (χ1) is 26.8. The standard InChI is InChI=1S/C41H66O16S/c1-20(2)10-9-14-39(8)40(48)17-16-38(7)22-11-12-25-36(4,5)27(13-15-37(25,6)23(22)18-26(42)41(38,40)35(47)56-39)54-34-32(29(44)24(19-52-34)57-58(49,50)51)55-33-31(46)30(45)28(43)21(3)53-33/h18,20-22,24-34,42-46,48H,9-17,19H2,1-8H3,(H,49,50,51)/t21-,22?,24-,25?,26+,27+,28-,29+,30+,31-,32-,33+,34+,37-,38+,39+,40+,41?/m1/s1. The van der Waals surface area contributed by atoms with Gasteiger partial charge in [-0.05, 0) is 99.2 Å². The second kappa shape index (κ2) is 14.9. The number of fused-ring (bicyclic) bond motifs is 4. The Hall–Kier alpha value is -1.32. The van der Waals surface area contributed by atoms with Gasteiger partial charge >= 0.3 is 16.4 Å². The lowest BCUT2D eigenvalue weighted by atomic mass is 9.40. The van der Waals surface area contributed by atoms with Gasteiger partial charge in [-0.2, -0.15) is 8.42 Å².